The summed E-state index contributed by atoms with van der Waals surface area (Å²) in [6.07, 6.45) is 0. The molecule has 0 unspecified atom stereocenters. The molecule has 0 atom stereocenters. The van der Waals surface area contributed by atoms with Crippen LogP contribution in [-0.2, 0) is 17.9 Å². The molecule has 0 aliphatic heterocycles. The number of carbonyl (C=O) groups is 1. The van der Waals surface area contributed by atoms with E-state index in [0.717, 1.165) is 11.1 Å². The first kappa shape index (κ1) is 25.6. The number of hydrogen-bond acceptors (Lipinski definition) is 4. The Morgan fingerprint density at radius 3 is 2.37 bits per heavy atom. The van der Waals surface area contributed by atoms with Crippen molar-refractivity contribution in [3.8, 4) is 0 Å². The predicted molar refractivity (Wildman–Crippen MR) is 129 cm³/mol. The SMILES string of the molecule is CN(C)C(=O)CNC(=NCc1ccc([N+](=O)[O-])cc1)N(C)Cc1cccc(Cl)c1.I. The highest BCUT2D eigenvalue weighted by molar-refractivity contribution is 14.0. The molecule has 2 rings (SSSR count). The summed E-state index contributed by atoms with van der Waals surface area (Å²) in [6.45, 7) is 0.963. The second-order valence-electron chi connectivity index (χ2n) is 6.69. The van der Waals surface area contributed by atoms with Gasteiger partial charge in [0.15, 0.2) is 5.96 Å². The third-order valence-electron chi connectivity index (χ3n) is 4.13. The predicted octanol–water partition coefficient (Wildman–Crippen LogP) is 3.53. The summed E-state index contributed by atoms with van der Waals surface area (Å²) in [7, 11) is 5.24. The molecule has 10 heteroatoms. The van der Waals surface area contributed by atoms with Crippen LogP contribution in [0.5, 0.6) is 0 Å². The van der Waals surface area contributed by atoms with Gasteiger partial charge in [0.1, 0.15) is 0 Å². The third-order valence-corrected chi connectivity index (χ3v) is 4.36. The summed E-state index contributed by atoms with van der Waals surface area (Å²) < 4.78 is 0. The molecular formula is C20H25ClIN5O3. The van der Waals surface area contributed by atoms with E-state index in [0.29, 0.717) is 24.1 Å². The van der Waals surface area contributed by atoms with Gasteiger partial charge in [-0.25, -0.2) is 4.99 Å². The Morgan fingerprint density at radius 1 is 1.13 bits per heavy atom. The lowest BCUT2D eigenvalue weighted by Crippen LogP contribution is -2.43. The maximum atomic E-state index is 12.0. The number of nitrogens with one attached hydrogen (secondary N) is 1. The van der Waals surface area contributed by atoms with Crippen LogP contribution in [0, 0.1) is 10.1 Å². The molecule has 0 aromatic heterocycles. The lowest BCUT2D eigenvalue weighted by molar-refractivity contribution is -0.384. The Morgan fingerprint density at radius 2 is 1.80 bits per heavy atom. The number of nitro groups is 1. The maximum Gasteiger partial charge on any atom is 0.269 e. The Balaban J connectivity index is 0.00000450. The monoisotopic (exact) mass is 545 g/mol. The second-order valence-corrected chi connectivity index (χ2v) is 7.13. The topological polar surface area (TPSA) is 91.1 Å². The van der Waals surface area contributed by atoms with Crippen LogP contribution < -0.4 is 5.32 Å². The van der Waals surface area contributed by atoms with Gasteiger partial charge in [0, 0.05) is 44.8 Å². The Labute approximate surface area is 198 Å². The van der Waals surface area contributed by atoms with Crippen LogP contribution in [0.2, 0.25) is 5.02 Å². The molecule has 1 N–H and O–H groups in total. The first-order valence-electron chi connectivity index (χ1n) is 8.93. The van der Waals surface area contributed by atoms with Crippen molar-refractivity contribution in [2.45, 2.75) is 13.1 Å². The summed E-state index contributed by atoms with van der Waals surface area (Å²) in [5, 5.41) is 14.5. The highest BCUT2D eigenvalue weighted by atomic mass is 127. The van der Waals surface area contributed by atoms with Gasteiger partial charge < -0.3 is 15.1 Å². The molecule has 0 saturated heterocycles. The van der Waals surface area contributed by atoms with Crippen molar-refractivity contribution >= 4 is 53.1 Å². The van der Waals surface area contributed by atoms with E-state index in [1.165, 1.54) is 17.0 Å². The zero-order chi connectivity index (χ0) is 21.4. The van der Waals surface area contributed by atoms with Crippen LogP contribution in [0.3, 0.4) is 0 Å². The smallest absolute Gasteiger partial charge is 0.269 e. The third kappa shape index (κ3) is 8.15. The minimum atomic E-state index is -0.439. The number of carbonyl (C=O) groups excluding carboxylic acids is 1. The van der Waals surface area contributed by atoms with E-state index in [9.17, 15) is 14.9 Å². The molecule has 2 aromatic carbocycles. The molecule has 0 aliphatic rings. The zero-order valence-corrected chi connectivity index (χ0v) is 20.1. The van der Waals surface area contributed by atoms with Gasteiger partial charge in [-0.15, -0.1) is 24.0 Å². The molecule has 0 spiro atoms. The molecule has 0 bridgehead atoms. The van der Waals surface area contributed by atoms with Gasteiger partial charge in [-0.3, -0.25) is 14.9 Å². The van der Waals surface area contributed by atoms with Crippen molar-refractivity contribution in [1.82, 2.24) is 15.1 Å². The fraction of sp³-hybridized carbons (Fsp3) is 0.300. The van der Waals surface area contributed by atoms with Gasteiger partial charge in [0.05, 0.1) is 18.0 Å². The number of benzene rings is 2. The summed E-state index contributed by atoms with van der Waals surface area (Å²) in [6, 6.07) is 13.7. The molecule has 0 aliphatic carbocycles. The standard InChI is InChI=1S/C20H24ClN5O3.HI/c1-24(2)19(27)13-23-20(25(3)14-16-5-4-6-17(21)11-16)22-12-15-7-9-18(10-8-15)26(28)29;/h4-11H,12-14H2,1-3H3,(H,22,23);1H. The van der Waals surface area contributed by atoms with E-state index in [-0.39, 0.29) is 42.1 Å². The molecule has 0 heterocycles. The number of aliphatic imine (C=N–C) groups is 1. The Hall–Kier alpha value is -2.40. The molecule has 0 saturated carbocycles. The number of nitro benzene ring substituents is 1. The van der Waals surface area contributed by atoms with Gasteiger partial charge in [-0.05, 0) is 23.3 Å². The van der Waals surface area contributed by atoms with Crippen LogP contribution in [-0.4, -0.2) is 54.3 Å². The number of guanidine groups is 1. The lowest BCUT2D eigenvalue weighted by atomic mass is 10.2. The van der Waals surface area contributed by atoms with Gasteiger partial charge in [0.2, 0.25) is 5.91 Å². The highest BCUT2D eigenvalue weighted by Crippen LogP contribution is 2.14. The molecule has 0 fully saturated rings. The minimum absolute atomic E-state index is 0. The molecule has 0 radical (unpaired) electrons. The lowest BCUT2D eigenvalue weighted by Gasteiger charge is -2.23. The normalized spacial score (nSPS) is 10.7. The molecule has 162 valence electrons. The number of halogens is 2. The molecular weight excluding hydrogens is 521 g/mol. The zero-order valence-electron chi connectivity index (χ0n) is 17.0. The van der Waals surface area contributed by atoms with Crippen LogP contribution in [0.4, 0.5) is 5.69 Å². The largest absolute Gasteiger partial charge is 0.347 e. The average Bonchev–Trinajstić information content (AvgIpc) is 2.67. The summed E-state index contributed by atoms with van der Waals surface area (Å²) in [5.74, 6) is 0.461. The molecule has 8 nitrogen and oxygen atoms in total. The van der Waals surface area contributed by atoms with Gasteiger partial charge >= 0.3 is 0 Å². The van der Waals surface area contributed by atoms with E-state index in [1.54, 1.807) is 26.2 Å². The average molecular weight is 546 g/mol. The fourth-order valence-electron chi connectivity index (χ4n) is 2.50. The highest BCUT2D eigenvalue weighted by Gasteiger charge is 2.11. The number of nitrogens with zero attached hydrogens (tertiary/aromatic N) is 4. The van der Waals surface area contributed by atoms with E-state index >= 15 is 0 Å². The summed E-state index contributed by atoms with van der Waals surface area (Å²) in [4.78, 5) is 30.3. The van der Waals surface area contributed by atoms with Crippen molar-refractivity contribution in [1.29, 1.82) is 0 Å². The van der Waals surface area contributed by atoms with E-state index < -0.39 is 4.92 Å². The number of likely N-dealkylation sites (N-methyl/N-ethyl adjacent to an activating group) is 1. The van der Waals surface area contributed by atoms with Gasteiger partial charge in [0.25, 0.3) is 5.69 Å². The Kier molecular flexibility index (Phi) is 10.5. The number of amides is 1. The maximum absolute atomic E-state index is 12.0. The first-order valence-corrected chi connectivity index (χ1v) is 9.31. The second kappa shape index (κ2) is 12.3. The van der Waals surface area contributed by atoms with Crippen LogP contribution >= 0.6 is 35.6 Å². The molecule has 2 aromatic rings. The van der Waals surface area contributed by atoms with Crippen molar-refractivity contribution in [3.05, 3.63) is 74.8 Å². The fourth-order valence-corrected chi connectivity index (χ4v) is 2.71. The minimum Gasteiger partial charge on any atom is -0.347 e. The van der Waals surface area contributed by atoms with Gasteiger partial charge in [-0.2, -0.15) is 0 Å². The molecule has 30 heavy (non-hydrogen) atoms. The Bertz CT molecular complexity index is 890. The van der Waals surface area contributed by atoms with E-state index in [4.69, 9.17) is 11.6 Å². The van der Waals surface area contributed by atoms with Crippen LogP contribution in [0.25, 0.3) is 0 Å². The van der Waals surface area contributed by atoms with Crippen molar-refractivity contribution in [2.24, 2.45) is 4.99 Å². The summed E-state index contributed by atoms with van der Waals surface area (Å²) in [5.41, 5.74) is 1.86. The number of hydrogen-bond donors (Lipinski definition) is 1. The molecule has 1 amide bonds. The first-order chi connectivity index (χ1) is 13.8. The summed E-state index contributed by atoms with van der Waals surface area (Å²) >= 11 is 6.06. The van der Waals surface area contributed by atoms with E-state index in [2.05, 4.69) is 10.3 Å². The van der Waals surface area contributed by atoms with Crippen LogP contribution in [0.1, 0.15) is 11.1 Å². The number of non-ortho nitro benzene ring substituents is 1. The van der Waals surface area contributed by atoms with Crippen LogP contribution in [0.15, 0.2) is 53.5 Å². The van der Waals surface area contributed by atoms with Crippen molar-refractivity contribution in [2.75, 3.05) is 27.7 Å². The van der Waals surface area contributed by atoms with Crippen molar-refractivity contribution in [3.63, 3.8) is 0 Å². The number of rotatable bonds is 7. The van der Waals surface area contributed by atoms with E-state index in [1.807, 2.05) is 36.2 Å². The van der Waals surface area contributed by atoms with Gasteiger partial charge in [-0.1, -0.05) is 35.9 Å². The van der Waals surface area contributed by atoms with Crippen molar-refractivity contribution < 1.29 is 9.72 Å². The quantitative estimate of drug-likeness (QED) is 0.189.